The van der Waals surface area contributed by atoms with Crippen molar-refractivity contribution in [2.75, 3.05) is 13.1 Å². The van der Waals surface area contributed by atoms with Crippen molar-refractivity contribution >= 4 is 29.0 Å². The lowest BCUT2D eigenvalue weighted by atomic mass is 9.94. The van der Waals surface area contributed by atoms with E-state index in [-0.39, 0.29) is 17.1 Å². The number of halogens is 4. The second-order valence-corrected chi connectivity index (χ2v) is 10.5. The number of rotatable bonds is 12. The van der Waals surface area contributed by atoms with E-state index in [1.54, 1.807) is 13.8 Å². The zero-order valence-electron chi connectivity index (χ0n) is 22.0. The Bertz CT molecular complexity index is 949. The number of carbonyl (C=O) groups is 2. The molecule has 0 spiro atoms. The van der Waals surface area contributed by atoms with E-state index >= 15 is 0 Å². The van der Waals surface area contributed by atoms with Gasteiger partial charge in [0, 0.05) is 30.7 Å². The lowest BCUT2D eigenvalue weighted by molar-refractivity contribution is -0.128. The van der Waals surface area contributed by atoms with Crippen molar-refractivity contribution < 1.29 is 22.8 Å². The predicted octanol–water partition coefficient (Wildman–Crippen LogP) is 6.31. The summed E-state index contributed by atoms with van der Waals surface area (Å²) < 4.78 is 42.4. The van der Waals surface area contributed by atoms with Gasteiger partial charge in [0.1, 0.15) is 0 Å². The SMILES string of the molecule is CCCCCC(CC)N=C(C(=CN)C(=O)N(CC(=O)c1c(C)cncc1Cl)CC(C)(C)C)C(F)(F)F. The van der Waals surface area contributed by atoms with Gasteiger partial charge in [0.25, 0.3) is 5.91 Å². The Hall–Kier alpha value is -2.42. The van der Waals surface area contributed by atoms with Gasteiger partial charge in [-0.1, -0.05) is 65.5 Å². The van der Waals surface area contributed by atoms with Crippen LogP contribution in [0.4, 0.5) is 13.2 Å². The Morgan fingerprint density at radius 1 is 1.19 bits per heavy atom. The molecule has 0 saturated heterocycles. The maximum atomic E-state index is 14.1. The van der Waals surface area contributed by atoms with Gasteiger partial charge in [-0.3, -0.25) is 19.6 Å². The molecule has 0 bridgehead atoms. The zero-order chi connectivity index (χ0) is 27.7. The molecule has 0 aliphatic carbocycles. The molecule has 0 aliphatic rings. The van der Waals surface area contributed by atoms with E-state index in [2.05, 4.69) is 9.98 Å². The highest BCUT2D eigenvalue weighted by Gasteiger charge is 2.42. The van der Waals surface area contributed by atoms with Gasteiger partial charge >= 0.3 is 6.18 Å². The number of aryl methyl sites for hydroxylation is 1. The van der Waals surface area contributed by atoms with Gasteiger partial charge in [0.15, 0.2) is 11.5 Å². The monoisotopic (exact) mass is 530 g/mol. The fourth-order valence-electron chi connectivity index (χ4n) is 3.80. The molecule has 6 nitrogen and oxygen atoms in total. The van der Waals surface area contributed by atoms with Crippen LogP contribution in [0.15, 0.2) is 29.2 Å². The standard InChI is InChI=1S/C26H38ClF3N4O2/c1-7-9-10-11-18(8-2)33-23(26(28,29)30)19(12-31)24(36)34(16-25(4,5)6)15-21(35)22-17(3)13-32-14-20(22)27/h12-14,18H,7-11,15-16,31H2,1-6H3. The van der Waals surface area contributed by atoms with Crippen LogP contribution in [-0.2, 0) is 4.79 Å². The molecular formula is C26H38ClF3N4O2. The van der Waals surface area contributed by atoms with Crippen LogP contribution in [0, 0.1) is 12.3 Å². The van der Waals surface area contributed by atoms with Gasteiger partial charge in [-0.05, 0) is 30.7 Å². The molecule has 0 aliphatic heterocycles. The van der Waals surface area contributed by atoms with Crippen molar-refractivity contribution in [3.8, 4) is 0 Å². The summed E-state index contributed by atoms with van der Waals surface area (Å²) in [6.45, 7) is 10.4. The molecule has 36 heavy (non-hydrogen) atoms. The minimum Gasteiger partial charge on any atom is -0.404 e. The number of Topliss-reactive ketones (excluding diaryl/α,β-unsaturated/α-hetero) is 1. The molecule has 1 heterocycles. The van der Waals surface area contributed by atoms with Crippen LogP contribution < -0.4 is 5.73 Å². The Labute approximate surface area is 217 Å². The van der Waals surface area contributed by atoms with Gasteiger partial charge in [-0.15, -0.1) is 0 Å². The number of hydrogen-bond acceptors (Lipinski definition) is 5. The molecule has 0 aromatic carbocycles. The van der Waals surface area contributed by atoms with Gasteiger partial charge in [0.2, 0.25) is 0 Å². The number of ketones is 1. The van der Waals surface area contributed by atoms with E-state index < -0.39 is 47.2 Å². The highest BCUT2D eigenvalue weighted by molar-refractivity contribution is 6.34. The molecule has 10 heteroatoms. The van der Waals surface area contributed by atoms with Crippen LogP contribution in [0.25, 0.3) is 0 Å². The number of aromatic nitrogens is 1. The molecule has 2 N–H and O–H groups in total. The van der Waals surface area contributed by atoms with Crippen molar-refractivity contribution in [2.45, 2.75) is 85.9 Å². The minimum atomic E-state index is -4.90. The average molecular weight is 531 g/mol. The highest BCUT2D eigenvalue weighted by Crippen LogP contribution is 2.27. The van der Waals surface area contributed by atoms with Gasteiger partial charge in [-0.25, -0.2) is 0 Å². The van der Waals surface area contributed by atoms with E-state index in [4.69, 9.17) is 17.3 Å². The molecule has 0 saturated carbocycles. The maximum Gasteiger partial charge on any atom is 0.433 e. The van der Waals surface area contributed by atoms with E-state index in [0.29, 0.717) is 24.6 Å². The molecule has 1 aromatic rings. The van der Waals surface area contributed by atoms with E-state index in [9.17, 15) is 22.8 Å². The van der Waals surface area contributed by atoms with Crippen molar-refractivity contribution in [1.82, 2.24) is 9.88 Å². The summed E-state index contributed by atoms with van der Waals surface area (Å²) in [6.07, 6.45) is 1.90. The third-order valence-corrected chi connectivity index (χ3v) is 5.79. The first kappa shape index (κ1) is 31.6. The van der Waals surface area contributed by atoms with Crippen LogP contribution in [0.5, 0.6) is 0 Å². The number of unbranched alkanes of at least 4 members (excludes halogenated alkanes) is 2. The van der Waals surface area contributed by atoms with Crippen molar-refractivity contribution in [1.29, 1.82) is 0 Å². The fourth-order valence-corrected chi connectivity index (χ4v) is 4.11. The highest BCUT2D eigenvalue weighted by atomic mass is 35.5. The second-order valence-electron chi connectivity index (χ2n) is 10.1. The first-order valence-electron chi connectivity index (χ1n) is 12.2. The Balaban J connectivity index is 3.45. The summed E-state index contributed by atoms with van der Waals surface area (Å²) in [5.41, 5.74) is 3.66. The Morgan fingerprint density at radius 2 is 1.83 bits per heavy atom. The van der Waals surface area contributed by atoms with E-state index in [0.717, 1.165) is 24.2 Å². The lowest BCUT2D eigenvalue weighted by Crippen LogP contribution is -2.45. The lowest BCUT2D eigenvalue weighted by Gasteiger charge is -2.31. The van der Waals surface area contributed by atoms with Crippen LogP contribution in [-0.4, -0.2) is 52.6 Å². The van der Waals surface area contributed by atoms with Crippen molar-refractivity contribution in [2.24, 2.45) is 16.1 Å². The second kappa shape index (κ2) is 13.8. The normalized spacial score (nSPS) is 14.1. The first-order chi connectivity index (χ1) is 16.7. The van der Waals surface area contributed by atoms with Crippen LogP contribution in [0.3, 0.4) is 0 Å². The summed E-state index contributed by atoms with van der Waals surface area (Å²) in [7, 11) is 0. The molecular weight excluding hydrogens is 493 g/mol. The van der Waals surface area contributed by atoms with Gasteiger partial charge in [-0.2, -0.15) is 13.2 Å². The van der Waals surface area contributed by atoms with Crippen molar-refractivity contribution in [3.63, 3.8) is 0 Å². The number of pyridine rings is 1. The number of nitrogens with two attached hydrogens (primary N) is 1. The molecule has 202 valence electrons. The third-order valence-electron chi connectivity index (χ3n) is 5.50. The number of amides is 1. The molecule has 1 amide bonds. The average Bonchev–Trinajstić information content (AvgIpc) is 2.75. The fraction of sp³-hybridized carbons (Fsp3) is 0.615. The van der Waals surface area contributed by atoms with E-state index in [1.165, 1.54) is 12.4 Å². The number of alkyl halides is 3. The van der Waals surface area contributed by atoms with Crippen LogP contribution in [0.1, 0.15) is 82.6 Å². The Morgan fingerprint density at radius 3 is 2.31 bits per heavy atom. The predicted molar refractivity (Wildman–Crippen MR) is 138 cm³/mol. The molecule has 1 atom stereocenters. The molecule has 1 aromatic heterocycles. The third kappa shape index (κ3) is 9.56. The summed E-state index contributed by atoms with van der Waals surface area (Å²) in [6, 6.07) is -0.605. The summed E-state index contributed by atoms with van der Waals surface area (Å²) >= 11 is 6.16. The quantitative estimate of drug-likeness (QED) is 0.148. The number of carbonyl (C=O) groups excluding carboxylic acids is 2. The molecule has 0 radical (unpaired) electrons. The Kier molecular flexibility index (Phi) is 12.1. The summed E-state index contributed by atoms with van der Waals surface area (Å²) in [5.74, 6) is -1.52. The summed E-state index contributed by atoms with van der Waals surface area (Å²) in [5, 5.41) is 0.105. The van der Waals surface area contributed by atoms with E-state index in [1.807, 2.05) is 27.7 Å². The van der Waals surface area contributed by atoms with Crippen LogP contribution in [0.2, 0.25) is 5.02 Å². The van der Waals surface area contributed by atoms with Gasteiger partial charge in [0.05, 0.1) is 23.2 Å². The largest absolute Gasteiger partial charge is 0.433 e. The minimum absolute atomic E-state index is 0.00943. The molecule has 1 rings (SSSR count). The number of nitrogens with zero attached hydrogens (tertiary/aromatic N) is 3. The molecule has 1 unspecified atom stereocenters. The van der Waals surface area contributed by atoms with Crippen LogP contribution >= 0.6 is 11.6 Å². The number of aliphatic imine (C=N–C) groups is 1. The summed E-state index contributed by atoms with van der Waals surface area (Å²) in [4.78, 5) is 35.6. The molecule has 0 fully saturated rings. The topological polar surface area (TPSA) is 88.6 Å². The smallest absolute Gasteiger partial charge is 0.404 e. The maximum absolute atomic E-state index is 14.1. The number of hydrogen-bond donors (Lipinski definition) is 1. The first-order valence-corrected chi connectivity index (χ1v) is 12.5. The zero-order valence-corrected chi connectivity index (χ0v) is 22.8. The van der Waals surface area contributed by atoms with Crippen molar-refractivity contribution in [3.05, 3.63) is 40.3 Å². The van der Waals surface area contributed by atoms with Gasteiger partial charge < -0.3 is 10.6 Å².